The highest BCUT2D eigenvalue weighted by Gasteiger charge is 2.11. The van der Waals surface area contributed by atoms with Crippen molar-refractivity contribution in [2.24, 2.45) is 5.73 Å². The highest BCUT2D eigenvalue weighted by molar-refractivity contribution is 5.73. The quantitative estimate of drug-likeness (QED) is 0.759. The van der Waals surface area contributed by atoms with Gasteiger partial charge in [-0.25, -0.2) is 0 Å². The van der Waals surface area contributed by atoms with Gasteiger partial charge in [-0.1, -0.05) is 24.3 Å². The van der Waals surface area contributed by atoms with E-state index in [1.165, 1.54) is 0 Å². The van der Waals surface area contributed by atoms with Gasteiger partial charge in [0.25, 0.3) is 0 Å². The Bertz CT molecular complexity index is 335. The second-order valence-corrected chi connectivity index (χ2v) is 3.60. The minimum Gasteiger partial charge on any atom is -0.480 e. The molecule has 3 N–H and O–H groups in total. The van der Waals surface area contributed by atoms with Gasteiger partial charge >= 0.3 is 5.97 Å². The van der Waals surface area contributed by atoms with E-state index in [1.54, 1.807) is 0 Å². The molecule has 0 saturated heterocycles. The number of carbonyl (C=O) groups is 1. The van der Waals surface area contributed by atoms with Gasteiger partial charge in [-0.05, 0) is 24.5 Å². The molecule has 0 aliphatic heterocycles. The van der Waals surface area contributed by atoms with E-state index in [9.17, 15) is 4.79 Å². The third kappa shape index (κ3) is 4.00. The highest BCUT2D eigenvalue weighted by Crippen LogP contribution is 2.07. The van der Waals surface area contributed by atoms with Gasteiger partial charge in [-0.3, -0.25) is 4.79 Å². The summed E-state index contributed by atoms with van der Waals surface area (Å²) in [7, 11) is 0. The molecule has 0 aliphatic rings. The Morgan fingerprint density at radius 3 is 2.44 bits per heavy atom. The minimum atomic E-state index is -0.974. The van der Waals surface area contributed by atoms with Crippen molar-refractivity contribution in [3.8, 4) is 0 Å². The maximum absolute atomic E-state index is 10.6. The summed E-state index contributed by atoms with van der Waals surface area (Å²) in [5.74, 6) is -0.974. The van der Waals surface area contributed by atoms with Crippen LogP contribution in [0.2, 0.25) is 0 Å². The fraction of sp³-hybridized carbons (Fsp3) is 0.417. The van der Waals surface area contributed by atoms with E-state index in [1.807, 2.05) is 31.2 Å². The number of rotatable bonds is 6. The summed E-state index contributed by atoms with van der Waals surface area (Å²) in [4.78, 5) is 10.6. The van der Waals surface area contributed by atoms with Crippen LogP contribution in [0.25, 0.3) is 0 Å². The smallest absolute Gasteiger partial charge is 0.320 e. The first-order valence-electron chi connectivity index (χ1n) is 5.27. The fourth-order valence-corrected chi connectivity index (χ4v) is 1.33. The predicted molar refractivity (Wildman–Crippen MR) is 61.1 cm³/mol. The van der Waals surface area contributed by atoms with Gasteiger partial charge in [-0.2, -0.15) is 0 Å². The van der Waals surface area contributed by atoms with Crippen LogP contribution in [-0.4, -0.2) is 23.7 Å². The average molecular weight is 223 g/mol. The number of hydrogen-bond acceptors (Lipinski definition) is 3. The molecule has 1 rings (SSSR count). The van der Waals surface area contributed by atoms with Crippen molar-refractivity contribution in [2.75, 3.05) is 6.61 Å². The van der Waals surface area contributed by atoms with E-state index >= 15 is 0 Å². The van der Waals surface area contributed by atoms with Gasteiger partial charge in [0.05, 0.1) is 6.61 Å². The van der Waals surface area contributed by atoms with Gasteiger partial charge in [-0.15, -0.1) is 0 Å². The molecule has 0 aromatic heterocycles. The monoisotopic (exact) mass is 223 g/mol. The zero-order valence-electron chi connectivity index (χ0n) is 9.35. The molecule has 0 radical (unpaired) electrons. The molecule has 0 heterocycles. The first-order chi connectivity index (χ1) is 7.63. The second kappa shape index (κ2) is 6.25. The van der Waals surface area contributed by atoms with Crippen molar-refractivity contribution >= 4 is 5.97 Å². The molecule has 4 nitrogen and oxygen atoms in total. The summed E-state index contributed by atoms with van der Waals surface area (Å²) >= 11 is 0. The molecular formula is C12H17NO3. The van der Waals surface area contributed by atoms with Gasteiger partial charge in [0.2, 0.25) is 0 Å². The lowest BCUT2D eigenvalue weighted by atomic mass is 10.1. The molecule has 1 aromatic carbocycles. The molecule has 0 aliphatic carbocycles. The summed E-state index contributed by atoms with van der Waals surface area (Å²) in [6, 6.07) is 6.80. The van der Waals surface area contributed by atoms with Gasteiger partial charge in [0.1, 0.15) is 6.04 Å². The lowest BCUT2D eigenvalue weighted by molar-refractivity contribution is -0.138. The van der Waals surface area contributed by atoms with Gasteiger partial charge in [0, 0.05) is 6.61 Å². The Kier molecular flexibility index (Phi) is 4.95. The SMILES string of the molecule is CCOCc1ccc(CC(N)C(=O)O)cc1. The van der Waals surface area contributed by atoms with Crippen LogP contribution in [0, 0.1) is 0 Å². The Morgan fingerprint density at radius 2 is 1.94 bits per heavy atom. The first-order valence-corrected chi connectivity index (χ1v) is 5.27. The molecule has 16 heavy (non-hydrogen) atoms. The van der Waals surface area contributed by atoms with Crippen molar-refractivity contribution in [1.29, 1.82) is 0 Å². The largest absolute Gasteiger partial charge is 0.480 e. The molecule has 0 spiro atoms. The Balaban J connectivity index is 2.54. The van der Waals surface area contributed by atoms with Crippen LogP contribution in [0.3, 0.4) is 0 Å². The molecule has 4 heteroatoms. The molecule has 1 aromatic rings. The Morgan fingerprint density at radius 1 is 1.38 bits per heavy atom. The molecule has 1 unspecified atom stereocenters. The summed E-state index contributed by atoms with van der Waals surface area (Å²) in [6.45, 7) is 3.22. The lowest BCUT2D eigenvalue weighted by Gasteiger charge is -2.07. The molecule has 0 saturated carbocycles. The Hall–Kier alpha value is -1.39. The standard InChI is InChI=1S/C12H17NO3/c1-2-16-8-10-5-3-9(4-6-10)7-11(13)12(14)15/h3-6,11H,2,7-8,13H2,1H3,(H,14,15). The second-order valence-electron chi connectivity index (χ2n) is 3.60. The zero-order chi connectivity index (χ0) is 12.0. The average Bonchev–Trinajstić information content (AvgIpc) is 2.28. The van der Waals surface area contributed by atoms with Gasteiger partial charge in [0.15, 0.2) is 0 Å². The molecule has 1 atom stereocenters. The number of carboxylic acid groups (broad SMARTS) is 1. The van der Waals surface area contributed by atoms with E-state index < -0.39 is 12.0 Å². The summed E-state index contributed by atoms with van der Waals surface area (Å²) < 4.78 is 5.26. The molecule has 88 valence electrons. The number of aliphatic carboxylic acids is 1. The Labute approximate surface area is 95.0 Å². The summed E-state index contributed by atoms with van der Waals surface area (Å²) in [5.41, 5.74) is 7.45. The van der Waals surface area contributed by atoms with E-state index in [0.717, 1.165) is 11.1 Å². The summed E-state index contributed by atoms with van der Waals surface area (Å²) in [5, 5.41) is 8.67. The van der Waals surface area contributed by atoms with Crippen LogP contribution in [-0.2, 0) is 22.6 Å². The van der Waals surface area contributed by atoms with E-state index in [2.05, 4.69) is 0 Å². The van der Waals surface area contributed by atoms with Gasteiger partial charge < -0.3 is 15.6 Å². The number of carboxylic acids is 1. The zero-order valence-corrected chi connectivity index (χ0v) is 9.35. The van der Waals surface area contributed by atoms with Crippen LogP contribution < -0.4 is 5.73 Å². The molecular weight excluding hydrogens is 206 g/mol. The summed E-state index contributed by atoms with van der Waals surface area (Å²) in [6.07, 6.45) is 0.351. The highest BCUT2D eigenvalue weighted by atomic mass is 16.5. The topological polar surface area (TPSA) is 72.5 Å². The normalized spacial score (nSPS) is 12.4. The maximum atomic E-state index is 10.6. The van der Waals surface area contributed by atoms with Crippen LogP contribution in [0.5, 0.6) is 0 Å². The van der Waals surface area contributed by atoms with Crippen LogP contribution >= 0.6 is 0 Å². The van der Waals surface area contributed by atoms with Crippen molar-refractivity contribution in [3.05, 3.63) is 35.4 Å². The third-order valence-corrected chi connectivity index (χ3v) is 2.27. The number of hydrogen-bond donors (Lipinski definition) is 2. The number of nitrogens with two attached hydrogens (primary N) is 1. The van der Waals surface area contributed by atoms with Crippen LogP contribution in [0.4, 0.5) is 0 Å². The van der Waals surface area contributed by atoms with Crippen LogP contribution in [0.15, 0.2) is 24.3 Å². The maximum Gasteiger partial charge on any atom is 0.320 e. The molecule has 0 fully saturated rings. The van der Waals surface area contributed by atoms with E-state index in [4.69, 9.17) is 15.6 Å². The molecule has 0 bridgehead atoms. The third-order valence-electron chi connectivity index (χ3n) is 2.27. The van der Waals surface area contributed by atoms with Crippen molar-refractivity contribution in [2.45, 2.75) is 26.0 Å². The van der Waals surface area contributed by atoms with E-state index in [0.29, 0.717) is 19.6 Å². The van der Waals surface area contributed by atoms with E-state index in [-0.39, 0.29) is 0 Å². The minimum absolute atomic E-state index is 0.351. The number of ether oxygens (including phenoxy) is 1. The van der Waals surface area contributed by atoms with Crippen molar-refractivity contribution in [1.82, 2.24) is 0 Å². The first kappa shape index (κ1) is 12.7. The number of benzene rings is 1. The lowest BCUT2D eigenvalue weighted by Crippen LogP contribution is -2.32. The van der Waals surface area contributed by atoms with Crippen molar-refractivity contribution < 1.29 is 14.6 Å². The van der Waals surface area contributed by atoms with Crippen molar-refractivity contribution in [3.63, 3.8) is 0 Å². The molecule has 0 amide bonds. The predicted octanol–water partition coefficient (Wildman–Crippen LogP) is 1.18. The fourth-order valence-electron chi connectivity index (χ4n) is 1.33. The van der Waals surface area contributed by atoms with Crippen LogP contribution in [0.1, 0.15) is 18.1 Å².